The van der Waals surface area contributed by atoms with Crippen LogP contribution in [0.2, 0.25) is 0 Å². The first-order chi connectivity index (χ1) is 15.8. The van der Waals surface area contributed by atoms with Gasteiger partial charge in [-0.05, 0) is 69.0 Å². The second kappa shape index (κ2) is 9.79. The third-order valence-electron chi connectivity index (χ3n) is 6.23. The Hall–Kier alpha value is -3.12. The van der Waals surface area contributed by atoms with E-state index in [0.29, 0.717) is 11.7 Å². The predicted molar refractivity (Wildman–Crippen MR) is 135 cm³/mol. The monoisotopic (exact) mass is 445 g/mol. The van der Waals surface area contributed by atoms with Gasteiger partial charge in [0.1, 0.15) is 5.82 Å². The molecule has 4 rings (SSSR count). The average molecular weight is 446 g/mol. The molecule has 1 saturated heterocycles. The van der Waals surface area contributed by atoms with E-state index in [2.05, 4.69) is 61.8 Å². The normalized spacial score (nSPS) is 14.8. The van der Waals surface area contributed by atoms with Crippen LogP contribution in [0.5, 0.6) is 0 Å². The maximum Gasteiger partial charge on any atom is 0.324 e. The molecule has 0 bridgehead atoms. The molecule has 0 atom stereocenters. The molecule has 1 aliphatic heterocycles. The van der Waals surface area contributed by atoms with Gasteiger partial charge in [0.2, 0.25) is 0 Å². The second-order valence-corrected chi connectivity index (χ2v) is 10.0. The third kappa shape index (κ3) is 5.82. The summed E-state index contributed by atoms with van der Waals surface area (Å²) in [5.74, 6) is 1.30. The van der Waals surface area contributed by atoms with E-state index in [1.807, 2.05) is 36.4 Å². The van der Waals surface area contributed by atoms with Crippen LogP contribution in [-0.2, 0) is 11.8 Å². The Kier molecular flexibility index (Phi) is 6.84. The molecule has 3 aromatic rings. The molecule has 3 N–H and O–H groups in total. The van der Waals surface area contributed by atoms with Gasteiger partial charge >= 0.3 is 6.03 Å². The Bertz CT molecular complexity index is 1090. The lowest BCUT2D eigenvalue weighted by Crippen LogP contribution is -2.29. The summed E-state index contributed by atoms with van der Waals surface area (Å²) in [6, 6.07) is 17.9. The summed E-state index contributed by atoms with van der Waals surface area (Å²) in [6.45, 7) is 10.6. The molecule has 1 aliphatic rings. The smallest absolute Gasteiger partial charge is 0.317 e. The van der Waals surface area contributed by atoms with Crippen molar-refractivity contribution >= 4 is 17.5 Å². The van der Waals surface area contributed by atoms with Crippen molar-refractivity contribution in [3.63, 3.8) is 0 Å². The number of benzene rings is 2. The van der Waals surface area contributed by atoms with Gasteiger partial charge in [0, 0.05) is 17.2 Å². The van der Waals surface area contributed by atoms with Gasteiger partial charge in [0.25, 0.3) is 0 Å². The van der Waals surface area contributed by atoms with Crippen molar-refractivity contribution < 1.29 is 4.79 Å². The second-order valence-electron chi connectivity index (χ2n) is 10.0. The van der Waals surface area contributed by atoms with E-state index in [1.165, 1.54) is 24.0 Å². The van der Waals surface area contributed by atoms with Crippen LogP contribution in [-0.4, -0.2) is 28.9 Å². The number of urea groups is 1. The number of para-hydroxylation sites is 1. The molecule has 33 heavy (non-hydrogen) atoms. The molecule has 2 heterocycles. The van der Waals surface area contributed by atoms with Crippen molar-refractivity contribution in [3.05, 3.63) is 71.4 Å². The summed E-state index contributed by atoms with van der Waals surface area (Å²) in [7, 11) is 0. The number of aromatic nitrogens is 2. The van der Waals surface area contributed by atoms with Crippen LogP contribution in [0.15, 0.2) is 54.6 Å². The fraction of sp³-hybridized carbons (Fsp3) is 0.407. The van der Waals surface area contributed by atoms with Crippen LogP contribution in [0.4, 0.5) is 16.3 Å². The lowest BCUT2D eigenvalue weighted by molar-refractivity contribution is 0.262. The van der Waals surface area contributed by atoms with Gasteiger partial charge < -0.3 is 10.6 Å². The first-order valence-electron chi connectivity index (χ1n) is 11.8. The van der Waals surface area contributed by atoms with Gasteiger partial charge in [-0.3, -0.25) is 5.32 Å². The maximum absolute atomic E-state index is 13.0. The van der Waals surface area contributed by atoms with Crippen LogP contribution in [0.3, 0.4) is 0 Å². The number of nitrogens with one attached hydrogen (secondary N) is 3. The van der Waals surface area contributed by atoms with E-state index in [-0.39, 0.29) is 11.4 Å². The van der Waals surface area contributed by atoms with Gasteiger partial charge in [0.15, 0.2) is 0 Å². The summed E-state index contributed by atoms with van der Waals surface area (Å²) in [5.41, 5.74) is 4.93. The summed E-state index contributed by atoms with van der Waals surface area (Å²) < 4.78 is 1.81. The molecule has 2 aromatic carbocycles. The van der Waals surface area contributed by atoms with Crippen molar-refractivity contribution in [2.24, 2.45) is 5.92 Å². The highest BCUT2D eigenvalue weighted by Gasteiger charge is 2.22. The van der Waals surface area contributed by atoms with Gasteiger partial charge in [-0.2, -0.15) is 5.10 Å². The standard InChI is InChI=1S/C27H35N5O/c1-19-9-11-22(12-10-19)32-25(18-24(31-32)27(2,3)4)30-26(33)29-23-8-6-5-7-21(23)17-20-13-15-28-16-14-20/h5-12,18,20,28H,13-17H2,1-4H3,(H2,29,30,33). The first kappa shape index (κ1) is 23.1. The minimum atomic E-state index is -0.263. The molecule has 0 aliphatic carbocycles. The van der Waals surface area contributed by atoms with Crippen molar-refractivity contribution in [1.29, 1.82) is 0 Å². The van der Waals surface area contributed by atoms with E-state index in [0.717, 1.165) is 36.6 Å². The highest BCUT2D eigenvalue weighted by molar-refractivity contribution is 6.00. The van der Waals surface area contributed by atoms with Crippen molar-refractivity contribution in [1.82, 2.24) is 15.1 Å². The highest BCUT2D eigenvalue weighted by Crippen LogP contribution is 2.27. The lowest BCUT2D eigenvalue weighted by Gasteiger charge is -2.23. The Labute approximate surface area is 196 Å². The molecule has 0 saturated carbocycles. The van der Waals surface area contributed by atoms with E-state index < -0.39 is 0 Å². The SMILES string of the molecule is Cc1ccc(-n2nc(C(C)(C)C)cc2NC(=O)Nc2ccccc2CC2CCNCC2)cc1. The summed E-state index contributed by atoms with van der Waals surface area (Å²) in [4.78, 5) is 13.0. The fourth-order valence-electron chi connectivity index (χ4n) is 4.21. The van der Waals surface area contributed by atoms with E-state index >= 15 is 0 Å². The van der Waals surface area contributed by atoms with Crippen molar-refractivity contribution in [2.45, 2.75) is 52.4 Å². The van der Waals surface area contributed by atoms with Crippen molar-refractivity contribution in [2.75, 3.05) is 23.7 Å². The predicted octanol–water partition coefficient (Wildman–Crippen LogP) is 5.66. The zero-order chi connectivity index (χ0) is 23.4. The summed E-state index contributed by atoms with van der Waals surface area (Å²) >= 11 is 0. The fourth-order valence-corrected chi connectivity index (χ4v) is 4.21. The van der Waals surface area contributed by atoms with E-state index in [9.17, 15) is 4.79 Å². The number of nitrogens with zero attached hydrogens (tertiary/aromatic N) is 2. The average Bonchev–Trinajstić information content (AvgIpc) is 3.20. The minimum absolute atomic E-state index is 0.135. The van der Waals surface area contributed by atoms with E-state index in [4.69, 9.17) is 5.10 Å². The molecule has 2 amide bonds. The highest BCUT2D eigenvalue weighted by atomic mass is 16.2. The van der Waals surface area contributed by atoms with Gasteiger partial charge in [-0.15, -0.1) is 0 Å². The number of amides is 2. The van der Waals surface area contributed by atoms with Crippen LogP contribution >= 0.6 is 0 Å². The number of piperidine rings is 1. The Morgan fingerprint density at radius 1 is 1.06 bits per heavy atom. The molecule has 0 unspecified atom stereocenters. The summed E-state index contributed by atoms with van der Waals surface area (Å²) in [6.07, 6.45) is 3.32. The van der Waals surface area contributed by atoms with Crippen LogP contribution in [0.1, 0.15) is 50.4 Å². The Morgan fingerprint density at radius 3 is 2.45 bits per heavy atom. The number of hydrogen-bond donors (Lipinski definition) is 3. The number of aryl methyl sites for hydroxylation is 1. The number of carbonyl (C=O) groups is 1. The third-order valence-corrected chi connectivity index (χ3v) is 6.23. The lowest BCUT2D eigenvalue weighted by atomic mass is 9.90. The largest absolute Gasteiger partial charge is 0.324 e. The summed E-state index contributed by atoms with van der Waals surface area (Å²) in [5, 5.41) is 14.3. The molecular weight excluding hydrogens is 410 g/mol. The molecule has 0 radical (unpaired) electrons. The Balaban J connectivity index is 1.54. The maximum atomic E-state index is 13.0. The van der Waals surface area contributed by atoms with Gasteiger partial charge in [-0.1, -0.05) is 56.7 Å². The Morgan fingerprint density at radius 2 is 1.76 bits per heavy atom. The number of anilines is 2. The molecule has 1 fully saturated rings. The van der Waals surface area contributed by atoms with Gasteiger partial charge in [-0.25, -0.2) is 9.48 Å². The quantitative estimate of drug-likeness (QED) is 0.474. The molecule has 0 spiro atoms. The van der Waals surface area contributed by atoms with E-state index in [1.54, 1.807) is 4.68 Å². The molecule has 1 aromatic heterocycles. The number of carbonyl (C=O) groups excluding carboxylic acids is 1. The number of hydrogen-bond acceptors (Lipinski definition) is 3. The molecular formula is C27H35N5O. The molecule has 6 heteroatoms. The molecule has 6 nitrogen and oxygen atoms in total. The first-order valence-corrected chi connectivity index (χ1v) is 11.8. The topological polar surface area (TPSA) is 71.0 Å². The van der Waals surface area contributed by atoms with Gasteiger partial charge in [0.05, 0.1) is 11.4 Å². The van der Waals surface area contributed by atoms with Crippen LogP contribution in [0.25, 0.3) is 5.69 Å². The van der Waals surface area contributed by atoms with Crippen molar-refractivity contribution in [3.8, 4) is 5.69 Å². The zero-order valence-electron chi connectivity index (χ0n) is 20.1. The van der Waals surface area contributed by atoms with Crippen LogP contribution < -0.4 is 16.0 Å². The number of rotatable bonds is 5. The van der Waals surface area contributed by atoms with Crippen LogP contribution in [0, 0.1) is 12.8 Å². The zero-order valence-corrected chi connectivity index (χ0v) is 20.1. The minimum Gasteiger partial charge on any atom is -0.317 e. The molecule has 174 valence electrons.